The third-order valence-electron chi connectivity index (χ3n) is 3.32. The van der Waals surface area contributed by atoms with Gasteiger partial charge in [0.05, 0.1) is 15.7 Å². The van der Waals surface area contributed by atoms with Crippen LogP contribution in [0.4, 0.5) is 0 Å². The second-order valence-corrected chi connectivity index (χ2v) is 9.29. The molecule has 0 atom stereocenters. The number of likely N-dealkylation sites (N-methyl/N-ethyl adjacent to an activating group) is 1. The number of thiocarbonyl (C=S) groups is 1. The van der Waals surface area contributed by atoms with Crippen LogP contribution < -0.4 is 0 Å². The van der Waals surface area contributed by atoms with Gasteiger partial charge in [-0.05, 0) is 25.5 Å². The number of amides is 1. The van der Waals surface area contributed by atoms with Gasteiger partial charge in [0.2, 0.25) is 0 Å². The van der Waals surface area contributed by atoms with Crippen LogP contribution in [0.1, 0.15) is 13.3 Å². The van der Waals surface area contributed by atoms with Crippen molar-refractivity contribution in [3.63, 3.8) is 0 Å². The average molecular weight is 395 g/mol. The maximum Gasteiger partial charge on any atom is 0.266 e. The summed E-state index contributed by atoms with van der Waals surface area (Å²) in [5, 5.41) is 1.00. The van der Waals surface area contributed by atoms with Gasteiger partial charge in [0.25, 0.3) is 16.0 Å². The zero-order valence-electron chi connectivity index (χ0n) is 12.6. The second kappa shape index (κ2) is 8.02. The molecule has 2 aliphatic heterocycles. The van der Waals surface area contributed by atoms with Crippen molar-refractivity contribution in [3.8, 4) is 0 Å². The molecule has 2 fully saturated rings. The number of rotatable bonds is 6. The van der Waals surface area contributed by atoms with E-state index in [-0.39, 0.29) is 11.7 Å². The van der Waals surface area contributed by atoms with Crippen LogP contribution in [0.5, 0.6) is 0 Å². The zero-order chi connectivity index (χ0) is 17.0. The first kappa shape index (κ1) is 18.8. The van der Waals surface area contributed by atoms with Crippen molar-refractivity contribution in [1.29, 1.82) is 0 Å². The Morgan fingerprint density at radius 1 is 1.39 bits per heavy atom. The normalized spacial score (nSPS) is 22.9. The van der Waals surface area contributed by atoms with E-state index in [1.165, 1.54) is 11.8 Å². The van der Waals surface area contributed by atoms with Gasteiger partial charge < -0.3 is 4.90 Å². The highest BCUT2D eigenvalue weighted by atomic mass is 32.2. The minimum absolute atomic E-state index is 0.0692. The van der Waals surface area contributed by atoms with Crippen LogP contribution in [0.15, 0.2) is 22.1 Å². The molecule has 0 aromatic rings. The van der Waals surface area contributed by atoms with E-state index in [2.05, 4.69) is 4.90 Å². The van der Waals surface area contributed by atoms with Crippen molar-refractivity contribution < 1.29 is 17.8 Å². The summed E-state index contributed by atoms with van der Waals surface area (Å²) in [6, 6.07) is 0. The molecule has 1 N–H and O–H groups in total. The van der Waals surface area contributed by atoms with Crippen molar-refractivity contribution in [3.05, 3.63) is 22.1 Å². The van der Waals surface area contributed by atoms with Crippen LogP contribution in [0.2, 0.25) is 0 Å². The van der Waals surface area contributed by atoms with Gasteiger partial charge in [-0.2, -0.15) is 8.42 Å². The summed E-state index contributed by atoms with van der Waals surface area (Å²) in [5.41, 5.74) is 0. The fraction of sp³-hybridized carbons (Fsp3) is 0.538. The SMILES string of the molecule is CCN1C(=O)/C(=C/C=C2/SCCN2CCCS(=O)(=O)O)SC1=S. The lowest BCUT2D eigenvalue weighted by molar-refractivity contribution is -0.122. The predicted octanol–water partition coefficient (Wildman–Crippen LogP) is 1.92. The molecule has 2 heterocycles. The van der Waals surface area contributed by atoms with Gasteiger partial charge >= 0.3 is 0 Å². The highest BCUT2D eigenvalue weighted by Gasteiger charge is 2.30. The molecular formula is C13H18N2O4S4. The van der Waals surface area contributed by atoms with Crippen molar-refractivity contribution in [2.75, 3.05) is 31.1 Å². The largest absolute Gasteiger partial charge is 0.366 e. The van der Waals surface area contributed by atoms with Crippen LogP contribution in [-0.4, -0.2) is 64.1 Å². The van der Waals surface area contributed by atoms with E-state index < -0.39 is 10.1 Å². The molecular weight excluding hydrogens is 376 g/mol. The van der Waals surface area contributed by atoms with Gasteiger partial charge in [-0.1, -0.05) is 24.0 Å². The lowest BCUT2D eigenvalue weighted by Gasteiger charge is -2.18. The zero-order valence-corrected chi connectivity index (χ0v) is 15.9. The maximum absolute atomic E-state index is 12.1. The molecule has 2 saturated heterocycles. The molecule has 0 saturated carbocycles. The molecule has 0 spiro atoms. The summed E-state index contributed by atoms with van der Waals surface area (Å²) >= 11 is 8.13. The molecule has 128 valence electrons. The Kier molecular flexibility index (Phi) is 6.55. The smallest absolute Gasteiger partial charge is 0.266 e. The number of thioether (sulfide) groups is 2. The first-order valence-electron chi connectivity index (χ1n) is 7.10. The second-order valence-electron chi connectivity index (χ2n) is 4.93. The predicted molar refractivity (Wildman–Crippen MR) is 98.8 cm³/mol. The molecule has 2 aliphatic rings. The molecule has 6 nitrogen and oxygen atoms in total. The topological polar surface area (TPSA) is 77.9 Å². The summed E-state index contributed by atoms with van der Waals surface area (Å²) in [6.07, 6.45) is 4.03. The molecule has 2 rings (SSSR count). The Bertz CT molecular complexity index is 657. The van der Waals surface area contributed by atoms with Gasteiger partial charge in [0.15, 0.2) is 0 Å². The lowest BCUT2D eigenvalue weighted by atomic mass is 10.4. The minimum Gasteiger partial charge on any atom is -0.366 e. The Labute approximate surface area is 150 Å². The van der Waals surface area contributed by atoms with E-state index in [1.54, 1.807) is 22.7 Å². The molecule has 10 heteroatoms. The van der Waals surface area contributed by atoms with E-state index in [1.807, 2.05) is 13.0 Å². The number of carbonyl (C=O) groups excluding carboxylic acids is 1. The molecule has 1 amide bonds. The Balaban J connectivity index is 1.99. The van der Waals surface area contributed by atoms with Gasteiger partial charge in [-0.15, -0.1) is 11.8 Å². The molecule has 0 aliphatic carbocycles. The highest BCUT2D eigenvalue weighted by Crippen LogP contribution is 2.32. The fourth-order valence-corrected chi connectivity index (χ4v) is 5.08. The van der Waals surface area contributed by atoms with E-state index in [9.17, 15) is 13.2 Å². The summed E-state index contributed by atoms with van der Waals surface area (Å²) < 4.78 is 30.9. The highest BCUT2D eigenvalue weighted by molar-refractivity contribution is 8.26. The van der Waals surface area contributed by atoms with Crippen LogP contribution in [0.3, 0.4) is 0 Å². The van der Waals surface area contributed by atoms with Gasteiger partial charge in [-0.25, -0.2) is 0 Å². The Hall–Kier alpha value is -0.550. The molecule has 0 radical (unpaired) electrons. The number of hydrogen-bond acceptors (Lipinski definition) is 7. The molecule has 0 bridgehead atoms. The van der Waals surface area contributed by atoms with Crippen LogP contribution >= 0.6 is 35.7 Å². The van der Waals surface area contributed by atoms with Crippen molar-refractivity contribution in [1.82, 2.24) is 9.80 Å². The monoisotopic (exact) mass is 394 g/mol. The quantitative estimate of drug-likeness (QED) is 0.416. The van der Waals surface area contributed by atoms with Gasteiger partial charge in [-0.3, -0.25) is 14.2 Å². The number of hydrogen-bond donors (Lipinski definition) is 1. The minimum atomic E-state index is -3.91. The van der Waals surface area contributed by atoms with Crippen LogP contribution in [0.25, 0.3) is 0 Å². The molecule has 0 unspecified atom stereocenters. The lowest BCUT2D eigenvalue weighted by Crippen LogP contribution is -2.27. The first-order chi connectivity index (χ1) is 10.8. The number of carbonyl (C=O) groups is 1. The Morgan fingerprint density at radius 2 is 2.13 bits per heavy atom. The standard InChI is InChI=1S/C13H18N2O4S4/c1-2-15-12(16)10(22-13(15)20)4-5-11-14(7-8-21-11)6-3-9-23(17,18)19/h4-5H,2-3,6-9H2,1H3,(H,17,18,19)/b10-4-,11-5+. The van der Waals surface area contributed by atoms with E-state index in [0.29, 0.717) is 28.7 Å². The van der Waals surface area contributed by atoms with Crippen LogP contribution in [-0.2, 0) is 14.9 Å². The van der Waals surface area contributed by atoms with Crippen molar-refractivity contribution >= 4 is 56.1 Å². The van der Waals surface area contributed by atoms with Gasteiger partial charge in [0.1, 0.15) is 4.32 Å². The molecule has 0 aromatic carbocycles. The molecule has 23 heavy (non-hydrogen) atoms. The summed E-state index contributed by atoms with van der Waals surface area (Å²) in [6.45, 7) is 3.83. The Morgan fingerprint density at radius 3 is 2.74 bits per heavy atom. The van der Waals surface area contributed by atoms with E-state index in [4.69, 9.17) is 16.8 Å². The fourth-order valence-electron chi connectivity index (χ4n) is 2.21. The number of nitrogens with zero attached hydrogens (tertiary/aromatic N) is 2. The van der Waals surface area contributed by atoms with Crippen molar-refractivity contribution in [2.24, 2.45) is 0 Å². The summed E-state index contributed by atoms with van der Waals surface area (Å²) in [4.78, 5) is 16.4. The van der Waals surface area contributed by atoms with E-state index in [0.717, 1.165) is 17.3 Å². The maximum atomic E-state index is 12.1. The summed E-state index contributed by atoms with van der Waals surface area (Å²) in [5.74, 6) is 0.609. The number of allylic oxidation sites excluding steroid dienone is 2. The third kappa shape index (κ3) is 5.21. The molecule has 0 aromatic heterocycles. The van der Waals surface area contributed by atoms with Gasteiger partial charge in [0, 0.05) is 25.4 Å². The van der Waals surface area contributed by atoms with E-state index >= 15 is 0 Å². The van der Waals surface area contributed by atoms with Crippen LogP contribution in [0, 0.1) is 0 Å². The van der Waals surface area contributed by atoms with Crippen molar-refractivity contribution in [2.45, 2.75) is 13.3 Å². The third-order valence-corrected chi connectivity index (χ3v) is 6.60. The first-order valence-corrected chi connectivity index (χ1v) is 10.9. The average Bonchev–Trinajstić information content (AvgIpc) is 3.00. The summed E-state index contributed by atoms with van der Waals surface area (Å²) in [7, 11) is -3.91.